The molecule has 1 nitrogen and oxygen atoms in total. The van der Waals surface area contributed by atoms with Crippen molar-refractivity contribution in [3.63, 3.8) is 0 Å². The molecule has 1 rings (SSSR count). The van der Waals surface area contributed by atoms with Crippen molar-refractivity contribution in [2.45, 2.75) is 77.2 Å². The quantitative estimate of drug-likeness (QED) is 0.658. The zero-order valence-corrected chi connectivity index (χ0v) is 11.6. The lowest BCUT2D eigenvalue weighted by molar-refractivity contribution is 0.0538. The van der Waals surface area contributed by atoms with Gasteiger partial charge in [-0.05, 0) is 43.6 Å². The summed E-state index contributed by atoms with van der Waals surface area (Å²) >= 11 is 0. The van der Waals surface area contributed by atoms with Gasteiger partial charge in [-0.3, -0.25) is 0 Å². The fourth-order valence-corrected chi connectivity index (χ4v) is 2.71. The molecule has 0 fully saturated rings. The SMILES string of the molecule is CCCC(O)CCC[C@H]1CCC=C(C(C)(F)F)C1. The highest BCUT2D eigenvalue weighted by Gasteiger charge is 2.30. The van der Waals surface area contributed by atoms with Gasteiger partial charge >= 0.3 is 0 Å². The van der Waals surface area contributed by atoms with Crippen LogP contribution in [0.2, 0.25) is 0 Å². The number of allylic oxidation sites excluding steroid dienone is 2. The van der Waals surface area contributed by atoms with Crippen molar-refractivity contribution in [2.24, 2.45) is 5.92 Å². The summed E-state index contributed by atoms with van der Waals surface area (Å²) in [5.41, 5.74) is 0.313. The fourth-order valence-electron chi connectivity index (χ4n) is 2.71. The average Bonchev–Trinajstić information content (AvgIpc) is 2.29. The molecule has 0 heterocycles. The molecule has 2 atom stereocenters. The first-order chi connectivity index (χ1) is 8.43. The zero-order valence-electron chi connectivity index (χ0n) is 11.6. The van der Waals surface area contributed by atoms with Crippen LogP contribution < -0.4 is 0 Å². The first-order valence-corrected chi connectivity index (χ1v) is 7.18. The summed E-state index contributed by atoms with van der Waals surface area (Å²) in [6.45, 7) is 3.05. The van der Waals surface area contributed by atoms with Crippen LogP contribution in [0.5, 0.6) is 0 Å². The van der Waals surface area contributed by atoms with E-state index in [1.807, 2.05) is 0 Å². The maximum Gasteiger partial charge on any atom is 0.266 e. The predicted molar refractivity (Wildman–Crippen MR) is 70.8 cm³/mol. The summed E-state index contributed by atoms with van der Waals surface area (Å²) in [6.07, 6.45) is 8.41. The van der Waals surface area contributed by atoms with E-state index in [0.717, 1.165) is 51.9 Å². The first-order valence-electron chi connectivity index (χ1n) is 7.18. The maximum atomic E-state index is 13.2. The average molecular weight is 260 g/mol. The second kappa shape index (κ2) is 7.22. The van der Waals surface area contributed by atoms with Crippen LogP contribution in [0.3, 0.4) is 0 Å². The summed E-state index contributed by atoms with van der Waals surface area (Å²) in [7, 11) is 0. The van der Waals surface area contributed by atoms with Crippen LogP contribution in [0.25, 0.3) is 0 Å². The van der Waals surface area contributed by atoms with E-state index >= 15 is 0 Å². The molecule has 0 aromatic heterocycles. The van der Waals surface area contributed by atoms with E-state index in [2.05, 4.69) is 6.92 Å². The Labute approximate surface area is 109 Å². The standard InChI is InChI=1S/C15H26F2O/c1-3-6-14(18)10-5-8-12-7-4-9-13(11-12)15(2,16)17/h9,12,14,18H,3-8,10-11H2,1-2H3/t12-,14?/m1/s1. The Hall–Kier alpha value is -0.440. The van der Waals surface area contributed by atoms with E-state index in [1.54, 1.807) is 6.08 Å². The van der Waals surface area contributed by atoms with E-state index in [-0.39, 0.29) is 6.10 Å². The van der Waals surface area contributed by atoms with E-state index in [0.29, 0.717) is 17.9 Å². The van der Waals surface area contributed by atoms with Crippen LogP contribution >= 0.6 is 0 Å². The molecule has 0 aromatic rings. The number of aliphatic hydroxyl groups excluding tert-OH is 1. The van der Waals surface area contributed by atoms with E-state index < -0.39 is 5.92 Å². The third-order valence-electron chi connectivity index (χ3n) is 3.81. The monoisotopic (exact) mass is 260 g/mol. The molecule has 3 heteroatoms. The molecule has 0 amide bonds. The predicted octanol–water partition coefficient (Wildman–Crippen LogP) is 4.70. The van der Waals surface area contributed by atoms with Gasteiger partial charge in [0.05, 0.1) is 6.10 Å². The molecule has 106 valence electrons. The molecule has 0 saturated carbocycles. The molecule has 1 aliphatic rings. The van der Waals surface area contributed by atoms with Gasteiger partial charge in [0.25, 0.3) is 5.92 Å². The van der Waals surface area contributed by atoms with Crippen molar-refractivity contribution in [1.29, 1.82) is 0 Å². The van der Waals surface area contributed by atoms with Crippen LogP contribution in [0.1, 0.15) is 65.2 Å². The summed E-state index contributed by atoms with van der Waals surface area (Å²) in [4.78, 5) is 0. The van der Waals surface area contributed by atoms with Crippen molar-refractivity contribution in [2.75, 3.05) is 0 Å². The summed E-state index contributed by atoms with van der Waals surface area (Å²) in [6, 6.07) is 0. The minimum atomic E-state index is -2.65. The third-order valence-corrected chi connectivity index (χ3v) is 3.81. The number of rotatable bonds is 7. The van der Waals surface area contributed by atoms with E-state index in [9.17, 15) is 13.9 Å². The Kier molecular flexibility index (Phi) is 6.27. The van der Waals surface area contributed by atoms with Gasteiger partial charge in [-0.1, -0.05) is 32.3 Å². The minimum absolute atomic E-state index is 0.207. The van der Waals surface area contributed by atoms with Gasteiger partial charge in [-0.15, -0.1) is 0 Å². The molecule has 1 aliphatic carbocycles. The molecule has 1 N–H and O–H groups in total. The van der Waals surface area contributed by atoms with Gasteiger partial charge in [0, 0.05) is 6.92 Å². The van der Waals surface area contributed by atoms with Crippen LogP contribution in [0, 0.1) is 5.92 Å². The van der Waals surface area contributed by atoms with Crippen molar-refractivity contribution < 1.29 is 13.9 Å². The topological polar surface area (TPSA) is 20.2 Å². The molecule has 0 bridgehead atoms. The zero-order chi connectivity index (χ0) is 13.6. The fraction of sp³-hybridized carbons (Fsp3) is 0.867. The Bertz CT molecular complexity index is 268. The lowest BCUT2D eigenvalue weighted by Crippen LogP contribution is -2.20. The van der Waals surface area contributed by atoms with Gasteiger partial charge in [0.2, 0.25) is 0 Å². The van der Waals surface area contributed by atoms with Gasteiger partial charge < -0.3 is 5.11 Å². The van der Waals surface area contributed by atoms with Crippen LogP contribution in [0.4, 0.5) is 8.78 Å². The van der Waals surface area contributed by atoms with Crippen molar-refractivity contribution in [3.05, 3.63) is 11.6 Å². The van der Waals surface area contributed by atoms with Gasteiger partial charge in [0.15, 0.2) is 0 Å². The van der Waals surface area contributed by atoms with Crippen LogP contribution in [0.15, 0.2) is 11.6 Å². The maximum absolute atomic E-state index is 13.2. The lowest BCUT2D eigenvalue weighted by Gasteiger charge is -2.26. The number of halogens is 2. The number of alkyl halides is 2. The molecule has 0 aliphatic heterocycles. The van der Waals surface area contributed by atoms with Crippen LogP contribution in [-0.4, -0.2) is 17.1 Å². The van der Waals surface area contributed by atoms with Crippen LogP contribution in [-0.2, 0) is 0 Å². The number of hydrogen-bond donors (Lipinski definition) is 1. The number of aliphatic hydroxyl groups is 1. The molecule has 18 heavy (non-hydrogen) atoms. The Morgan fingerprint density at radius 2 is 2.17 bits per heavy atom. The highest BCUT2D eigenvalue weighted by atomic mass is 19.3. The highest BCUT2D eigenvalue weighted by Crippen LogP contribution is 2.36. The molecule has 0 saturated heterocycles. The van der Waals surface area contributed by atoms with Gasteiger partial charge in [-0.25, -0.2) is 8.78 Å². The van der Waals surface area contributed by atoms with Crippen molar-refractivity contribution in [1.82, 2.24) is 0 Å². The van der Waals surface area contributed by atoms with Gasteiger partial charge in [0.1, 0.15) is 0 Å². The lowest BCUT2D eigenvalue weighted by atomic mass is 9.83. The van der Waals surface area contributed by atoms with Crippen molar-refractivity contribution in [3.8, 4) is 0 Å². The minimum Gasteiger partial charge on any atom is -0.393 e. The molecular formula is C15H26F2O. The molecule has 1 unspecified atom stereocenters. The first kappa shape index (κ1) is 15.6. The second-order valence-corrected chi connectivity index (χ2v) is 5.64. The van der Waals surface area contributed by atoms with E-state index in [4.69, 9.17) is 0 Å². The molecule has 0 aromatic carbocycles. The Morgan fingerprint density at radius 1 is 1.44 bits per heavy atom. The molecule has 0 radical (unpaired) electrons. The summed E-state index contributed by atoms with van der Waals surface area (Å²) in [5, 5.41) is 9.63. The molecule has 0 spiro atoms. The Balaban J connectivity index is 2.27. The normalized spacial score (nSPS) is 22.7. The smallest absolute Gasteiger partial charge is 0.266 e. The Morgan fingerprint density at radius 3 is 2.78 bits per heavy atom. The molecular weight excluding hydrogens is 234 g/mol. The van der Waals surface area contributed by atoms with E-state index in [1.165, 1.54) is 0 Å². The van der Waals surface area contributed by atoms with Gasteiger partial charge in [-0.2, -0.15) is 0 Å². The largest absolute Gasteiger partial charge is 0.393 e. The summed E-state index contributed by atoms with van der Waals surface area (Å²) in [5.74, 6) is -2.27. The highest BCUT2D eigenvalue weighted by molar-refractivity contribution is 5.14. The number of hydrogen-bond acceptors (Lipinski definition) is 1. The summed E-state index contributed by atoms with van der Waals surface area (Å²) < 4.78 is 26.4. The second-order valence-electron chi connectivity index (χ2n) is 5.64. The van der Waals surface area contributed by atoms with Crippen molar-refractivity contribution >= 4 is 0 Å². The third kappa shape index (κ3) is 5.47.